The highest BCUT2D eigenvalue weighted by Gasteiger charge is 2.06. The third kappa shape index (κ3) is 4.27. The van der Waals surface area contributed by atoms with Crippen LogP contribution in [0.3, 0.4) is 0 Å². The lowest BCUT2D eigenvalue weighted by molar-refractivity contribution is -0.123. The maximum atomic E-state index is 10.7. The minimum atomic E-state index is -0.513. The second-order valence-corrected chi connectivity index (χ2v) is 2.96. The second-order valence-electron chi connectivity index (χ2n) is 2.96. The highest BCUT2D eigenvalue weighted by atomic mass is 16.7. The molecule has 1 aromatic carbocycles. The number of carbonyl (C=O) groups is 3. The van der Waals surface area contributed by atoms with Crippen LogP contribution >= 0.6 is 0 Å². The molecule has 17 heavy (non-hydrogen) atoms. The molecule has 0 unspecified atom stereocenters. The van der Waals surface area contributed by atoms with E-state index in [2.05, 4.69) is 10.7 Å². The minimum absolute atomic E-state index is 0.329. The van der Waals surface area contributed by atoms with Gasteiger partial charge in [-0.1, -0.05) is 18.2 Å². The molecule has 1 heterocycles. The van der Waals surface area contributed by atoms with Crippen molar-refractivity contribution in [3.8, 4) is 0 Å². The fourth-order valence-corrected chi connectivity index (χ4v) is 0.998. The first-order valence-electron chi connectivity index (χ1n) is 4.62. The first-order valence-corrected chi connectivity index (χ1v) is 4.62. The Balaban J connectivity index is 0.000000181. The number of rotatable bonds is 1. The van der Waals surface area contributed by atoms with Crippen molar-refractivity contribution < 1.29 is 19.2 Å². The third-order valence-electron chi connectivity index (χ3n) is 1.75. The second kappa shape index (κ2) is 6.19. The van der Waals surface area contributed by atoms with E-state index >= 15 is 0 Å². The van der Waals surface area contributed by atoms with E-state index in [1.165, 1.54) is 12.2 Å². The van der Waals surface area contributed by atoms with Crippen LogP contribution in [0.5, 0.6) is 0 Å². The lowest BCUT2D eigenvalue weighted by Gasteiger charge is -1.94. The highest BCUT2D eigenvalue weighted by molar-refractivity contribution is 6.12. The lowest BCUT2D eigenvalue weighted by Crippen LogP contribution is -2.19. The van der Waals surface area contributed by atoms with Gasteiger partial charge in [-0.25, -0.2) is 4.79 Å². The van der Waals surface area contributed by atoms with Crippen molar-refractivity contribution in [3.05, 3.63) is 48.0 Å². The van der Waals surface area contributed by atoms with Gasteiger partial charge in [0, 0.05) is 12.2 Å². The summed E-state index contributed by atoms with van der Waals surface area (Å²) in [5.74, 6) is 3.48. The number of hydrogen-bond acceptors (Lipinski definition) is 5. The van der Waals surface area contributed by atoms with Crippen LogP contribution in [0.25, 0.3) is 0 Å². The fourth-order valence-electron chi connectivity index (χ4n) is 0.998. The molecule has 0 aromatic heterocycles. The zero-order valence-corrected chi connectivity index (χ0v) is 8.75. The Kier molecular flexibility index (Phi) is 4.58. The van der Waals surface area contributed by atoms with Crippen molar-refractivity contribution >= 4 is 17.8 Å². The summed E-state index contributed by atoms with van der Waals surface area (Å²) in [4.78, 5) is 34.7. The molecule has 2 rings (SSSR count). The number of nitrogens with one attached hydrogen (secondary N) is 1. The van der Waals surface area contributed by atoms with E-state index in [0.717, 1.165) is 0 Å². The quantitative estimate of drug-likeness (QED) is 0.523. The summed E-state index contributed by atoms with van der Waals surface area (Å²) in [5, 5.41) is 2.03. The molecule has 6 heteroatoms. The van der Waals surface area contributed by atoms with Crippen molar-refractivity contribution in [2.45, 2.75) is 0 Å². The van der Waals surface area contributed by atoms with Crippen LogP contribution in [0, 0.1) is 0 Å². The molecule has 0 radical (unpaired) electrons. The number of carbonyl (C=O) groups excluding carboxylic acids is 3. The fraction of sp³-hybridized carbons (Fsp3) is 0. The Morgan fingerprint density at radius 3 is 1.94 bits per heavy atom. The average Bonchev–Trinajstić information content (AvgIpc) is 2.74. The molecule has 0 saturated heterocycles. The number of nitrogens with two attached hydrogens (primary N) is 1. The molecule has 1 aliphatic rings. The van der Waals surface area contributed by atoms with Crippen molar-refractivity contribution in [1.29, 1.82) is 0 Å². The van der Waals surface area contributed by atoms with Gasteiger partial charge in [0.2, 0.25) is 0 Å². The molecular weight excluding hydrogens is 224 g/mol. The maximum absolute atomic E-state index is 10.7. The molecule has 1 aromatic rings. The van der Waals surface area contributed by atoms with Crippen LogP contribution in [0.1, 0.15) is 10.4 Å². The van der Waals surface area contributed by atoms with E-state index in [1.54, 1.807) is 24.3 Å². The van der Waals surface area contributed by atoms with Gasteiger partial charge >= 0.3 is 5.97 Å². The topological polar surface area (TPSA) is 98.5 Å². The van der Waals surface area contributed by atoms with E-state index < -0.39 is 5.97 Å². The normalized spacial score (nSPS) is 12.5. The van der Waals surface area contributed by atoms with Gasteiger partial charge in [-0.3, -0.25) is 14.9 Å². The van der Waals surface area contributed by atoms with Gasteiger partial charge < -0.3 is 4.84 Å². The predicted molar refractivity (Wildman–Crippen MR) is 58.3 cm³/mol. The Morgan fingerprint density at radius 1 is 1.06 bits per heavy atom. The SMILES string of the molecule is NOC(=O)c1ccccc1.O=C1C=CC(=O)N1. The summed E-state index contributed by atoms with van der Waals surface area (Å²) in [6.07, 6.45) is 2.39. The van der Waals surface area contributed by atoms with E-state index in [1.807, 2.05) is 11.4 Å². The summed E-state index contributed by atoms with van der Waals surface area (Å²) < 4.78 is 0. The Labute approximate surface area is 97.0 Å². The molecule has 0 spiro atoms. The Morgan fingerprint density at radius 2 is 1.59 bits per heavy atom. The molecule has 0 aliphatic carbocycles. The van der Waals surface area contributed by atoms with Gasteiger partial charge in [0.1, 0.15) is 0 Å². The van der Waals surface area contributed by atoms with Crippen molar-refractivity contribution in [2.24, 2.45) is 5.90 Å². The van der Waals surface area contributed by atoms with Crippen LogP contribution in [0.15, 0.2) is 42.5 Å². The Bertz CT molecular complexity index is 438. The molecule has 0 atom stereocenters. The van der Waals surface area contributed by atoms with E-state index in [4.69, 9.17) is 0 Å². The smallest absolute Gasteiger partial charge is 0.356 e. The van der Waals surface area contributed by atoms with Crippen molar-refractivity contribution in [3.63, 3.8) is 0 Å². The zero-order valence-electron chi connectivity index (χ0n) is 8.75. The monoisotopic (exact) mass is 234 g/mol. The zero-order chi connectivity index (χ0) is 12.7. The van der Waals surface area contributed by atoms with E-state index in [9.17, 15) is 14.4 Å². The van der Waals surface area contributed by atoms with Gasteiger partial charge in [0.15, 0.2) is 0 Å². The molecule has 88 valence electrons. The van der Waals surface area contributed by atoms with Gasteiger partial charge in [0.05, 0.1) is 5.56 Å². The summed E-state index contributed by atoms with van der Waals surface area (Å²) >= 11 is 0. The molecule has 3 N–H and O–H groups in total. The standard InChI is InChI=1S/C7H7NO2.C4H3NO2/c8-10-7(9)6-4-2-1-3-5-6;6-3-1-2-4(7)5-3/h1-5H,8H2;1-2H,(H,5,6,7). The summed E-state index contributed by atoms with van der Waals surface area (Å²) in [7, 11) is 0. The van der Waals surface area contributed by atoms with E-state index in [-0.39, 0.29) is 11.8 Å². The minimum Gasteiger partial charge on any atom is -0.370 e. The van der Waals surface area contributed by atoms with Crippen molar-refractivity contribution in [1.82, 2.24) is 5.32 Å². The first-order chi connectivity index (χ1) is 8.13. The predicted octanol–water partition coefficient (Wildman–Crippen LogP) is -0.0839. The van der Waals surface area contributed by atoms with Crippen LogP contribution in [-0.4, -0.2) is 17.8 Å². The van der Waals surface area contributed by atoms with Crippen LogP contribution in [-0.2, 0) is 14.4 Å². The molecule has 1 aliphatic heterocycles. The molecule has 6 nitrogen and oxygen atoms in total. The summed E-state index contributed by atoms with van der Waals surface area (Å²) in [6, 6.07) is 8.57. The van der Waals surface area contributed by atoms with Crippen LogP contribution in [0.4, 0.5) is 0 Å². The largest absolute Gasteiger partial charge is 0.370 e. The van der Waals surface area contributed by atoms with Crippen LogP contribution in [0.2, 0.25) is 0 Å². The molecular formula is C11H10N2O4. The van der Waals surface area contributed by atoms with Crippen LogP contribution < -0.4 is 11.2 Å². The van der Waals surface area contributed by atoms with Crippen molar-refractivity contribution in [2.75, 3.05) is 0 Å². The average molecular weight is 234 g/mol. The number of hydrogen-bond donors (Lipinski definition) is 2. The molecule has 0 fully saturated rings. The Hall–Kier alpha value is -2.47. The molecule has 2 amide bonds. The van der Waals surface area contributed by atoms with Gasteiger partial charge in [-0.05, 0) is 12.1 Å². The van der Waals surface area contributed by atoms with Gasteiger partial charge in [-0.15, -0.1) is 0 Å². The first kappa shape index (κ1) is 12.6. The lowest BCUT2D eigenvalue weighted by atomic mass is 10.2. The third-order valence-corrected chi connectivity index (χ3v) is 1.75. The summed E-state index contributed by atoms with van der Waals surface area (Å²) in [5.41, 5.74) is 0.463. The number of benzene rings is 1. The van der Waals surface area contributed by atoms with Gasteiger partial charge in [0.25, 0.3) is 11.8 Å². The van der Waals surface area contributed by atoms with Gasteiger partial charge in [-0.2, -0.15) is 5.90 Å². The summed E-state index contributed by atoms with van der Waals surface area (Å²) in [6.45, 7) is 0. The highest BCUT2D eigenvalue weighted by Crippen LogP contribution is 1.98. The molecule has 0 bridgehead atoms. The number of amides is 2. The van der Waals surface area contributed by atoms with E-state index in [0.29, 0.717) is 5.56 Å². The number of imide groups is 1. The molecule has 0 saturated carbocycles. The maximum Gasteiger partial charge on any atom is 0.356 e.